The van der Waals surface area contributed by atoms with Crippen molar-refractivity contribution in [3.63, 3.8) is 0 Å². The van der Waals surface area contributed by atoms with E-state index in [0.29, 0.717) is 41.3 Å². The lowest BCUT2D eigenvalue weighted by molar-refractivity contribution is 0.451. The Balaban J connectivity index is 1.20. The number of hydrogen-bond donors (Lipinski definition) is 0. The molecule has 9 nitrogen and oxygen atoms in total. The van der Waals surface area contributed by atoms with Crippen LogP contribution in [0.15, 0.2) is 163 Å². The van der Waals surface area contributed by atoms with Crippen molar-refractivity contribution >= 4 is 0 Å². The maximum Gasteiger partial charge on any atom is 0.257 e. The second kappa shape index (κ2) is 16.8. The summed E-state index contributed by atoms with van der Waals surface area (Å²) < 4.78 is 3.60. The number of tetrazole rings is 1. The van der Waals surface area contributed by atoms with Crippen LogP contribution in [0.5, 0.6) is 0 Å². The molecule has 0 aliphatic carbocycles. The number of rotatable bonds is 13. The van der Waals surface area contributed by atoms with Gasteiger partial charge in [0, 0.05) is 23.7 Å². The molecular weight excluding hydrogens is 717 g/mol. The molecular formula is C49H42N8O. The molecule has 3 heterocycles. The molecule has 3 aromatic heterocycles. The maximum atomic E-state index is 14.3. The van der Waals surface area contributed by atoms with Gasteiger partial charge in [0.25, 0.3) is 5.56 Å². The molecule has 8 aromatic rings. The van der Waals surface area contributed by atoms with Crippen LogP contribution in [0.2, 0.25) is 0 Å². The van der Waals surface area contributed by atoms with Gasteiger partial charge in [-0.3, -0.25) is 14.3 Å². The number of pyridine rings is 1. The summed E-state index contributed by atoms with van der Waals surface area (Å²) in [4.78, 5) is 23.6. The van der Waals surface area contributed by atoms with Gasteiger partial charge in [-0.2, -0.15) is 5.26 Å². The molecule has 0 aliphatic heterocycles. The summed E-state index contributed by atoms with van der Waals surface area (Å²) in [6.45, 7) is 4.16. The van der Waals surface area contributed by atoms with Crippen molar-refractivity contribution in [2.45, 2.75) is 51.6 Å². The average molecular weight is 759 g/mol. The quantitative estimate of drug-likeness (QED) is 0.108. The molecule has 0 amide bonds. The Morgan fingerprint density at radius 3 is 1.91 bits per heavy atom. The molecule has 58 heavy (non-hydrogen) atoms. The number of hydrogen-bond acceptors (Lipinski definition) is 7. The minimum Gasteiger partial charge on any atom is -0.291 e. The molecule has 8 rings (SSSR count). The Bertz CT molecular complexity index is 2660. The number of aromatic nitrogens is 7. The summed E-state index contributed by atoms with van der Waals surface area (Å²) in [5, 5.41) is 23.5. The largest absolute Gasteiger partial charge is 0.291 e. The van der Waals surface area contributed by atoms with E-state index in [1.54, 1.807) is 22.9 Å². The minimum absolute atomic E-state index is 0.104. The first-order chi connectivity index (χ1) is 28.5. The molecule has 0 atom stereocenters. The molecule has 9 heteroatoms. The van der Waals surface area contributed by atoms with Crippen molar-refractivity contribution in [1.82, 2.24) is 34.7 Å². The topological polar surface area (TPSA) is 115 Å². The van der Waals surface area contributed by atoms with Crippen LogP contribution >= 0.6 is 0 Å². The van der Waals surface area contributed by atoms with Crippen molar-refractivity contribution in [3.05, 3.63) is 219 Å². The highest BCUT2D eigenvalue weighted by atomic mass is 16.1. The number of benzene rings is 5. The van der Waals surface area contributed by atoms with E-state index in [4.69, 9.17) is 15.3 Å². The molecule has 284 valence electrons. The number of nitrogens with zero attached hydrogens (tertiary/aromatic N) is 8. The summed E-state index contributed by atoms with van der Waals surface area (Å²) in [6, 6.07) is 53.4. The SMILES string of the molecule is CCCCc1nc(C)n(Cc2ncccc2C#N)c(=O)c1Cc1ccc(-c2ccccc2-c2nnnn2C(c2ccccc2)(c2ccccc2)c2ccccc2)cc1. The molecule has 0 aliphatic rings. The molecule has 0 bridgehead atoms. The second-order valence-electron chi connectivity index (χ2n) is 14.3. The van der Waals surface area contributed by atoms with Gasteiger partial charge >= 0.3 is 0 Å². The van der Waals surface area contributed by atoms with E-state index in [2.05, 4.69) is 132 Å². The van der Waals surface area contributed by atoms with Crippen LogP contribution < -0.4 is 5.56 Å². The molecule has 0 saturated carbocycles. The molecule has 0 N–H and O–H groups in total. The van der Waals surface area contributed by atoms with E-state index in [1.165, 1.54) is 0 Å². The highest BCUT2D eigenvalue weighted by Crippen LogP contribution is 2.43. The van der Waals surface area contributed by atoms with Gasteiger partial charge in [-0.1, -0.05) is 153 Å². The molecule has 0 saturated heterocycles. The van der Waals surface area contributed by atoms with Gasteiger partial charge in [0.15, 0.2) is 5.82 Å². The van der Waals surface area contributed by atoms with E-state index in [-0.39, 0.29) is 12.1 Å². The van der Waals surface area contributed by atoms with Crippen LogP contribution in [0.25, 0.3) is 22.5 Å². The van der Waals surface area contributed by atoms with Crippen molar-refractivity contribution in [3.8, 4) is 28.6 Å². The molecule has 5 aromatic carbocycles. The molecule has 0 radical (unpaired) electrons. The van der Waals surface area contributed by atoms with Crippen LogP contribution in [0, 0.1) is 18.3 Å². The van der Waals surface area contributed by atoms with E-state index < -0.39 is 5.54 Å². The zero-order valence-electron chi connectivity index (χ0n) is 32.5. The first kappa shape index (κ1) is 37.6. The smallest absolute Gasteiger partial charge is 0.257 e. The van der Waals surface area contributed by atoms with Gasteiger partial charge < -0.3 is 0 Å². The minimum atomic E-state index is -0.892. The Kier molecular flexibility index (Phi) is 10.9. The molecule has 0 fully saturated rings. The summed E-state index contributed by atoms with van der Waals surface area (Å²) >= 11 is 0. The monoisotopic (exact) mass is 758 g/mol. The Morgan fingerprint density at radius 1 is 0.707 bits per heavy atom. The predicted molar refractivity (Wildman–Crippen MR) is 226 cm³/mol. The number of nitriles is 1. The predicted octanol–water partition coefficient (Wildman–Crippen LogP) is 8.96. The van der Waals surface area contributed by atoms with Crippen LogP contribution in [0.4, 0.5) is 0 Å². The normalized spacial score (nSPS) is 11.3. The first-order valence-corrected chi connectivity index (χ1v) is 19.6. The zero-order chi connectivity index (χ0) is 39.9. The zero-order valence-corrected chi connectivity index (χ0v) is 32.5. The average Bonchev–Trinajstić information content (AvgIpc) is 3.77. The van der Waals surface area contributed by atoms with E-state index in [0.717, 1.165) is 57.5 Å². The highest BCUT2D eigenvalue weighted by molar-refractivity contribution is 5.81. The highest BCUT2D eigenvalue weighted by Gasteiger charge is 2.42. The van der Waals surface area contributed by atoms with Crippen molar-refractivity contribution < 1.29 is 0 Å². The standard InChI is InChI=1S/C49H42N8O/c1-3-4-26-45-44(48(58)56(35(2)52-45)34-46-38(33-50)17-16-31-51-46)32-36-27-29-37(30-28-36)42-24-14-15-25-43(42)47-53-54-55-57(47)49(39-18-8-5-9-19-39,40-20-10-6-11-21-40)41-22-12-7-13-23-41/h5-25,27-31H,3-4,26,32,34H2,1-2H3. The number of aryl methyl sites for hydroxylation is 2. The van der Waals surface area contributed by atoms with Crippen LogP contribution in [-0.4, -0.2) is 34.7 Å². The summed E-state index contributed by atoms with van der Waals surface area (Å²) in [7, 11) is 0. The fraction of sp³-hybridized carbons (Fsp3) is 0.163. The summed E-state index contributed by atoms with van der Waals surface area (Å²) in [5.74, 6) is 1.23. The van der Waals surface area contributed by atoms with E-state index in [1.807, 2.05) is 41.9 Å². The first-order valence-electron chi connectivity index (χ1n) is 19.6. The lowest BCUT2D eigenvalue weighted by Gasteiger charge is -2.36. The number of unbranched alkanes of at least 4 members (excludes halogenated alkanes) is 1. The van der Waals surface area contributed by atoms with Gasteiger partial charge in [0.2, 0.25) is 0 Å². The van der Waals surface area contributed by atoms with Crippen LogP contribution in [0.1, 0.15) is 70.4 Å². The lowest BCUT2D eigenvalue weighted by atomic mass is 9.77. The lowest BCUT2D eigenvalue weighted by Crippen LogP contribution is -2.39. The van der Waals surface area contributed by atoms with Gasteiger partial charge in [-0.15, -0.1) is 5.10 Å². The molecule has 0 unspecified atom stereocenters. The van der Waals surface area contributed by atoms with Crippen molar-refractivity contribution in [1.29, 1.82) is 5.26 Å². The van der Waals surface area contributed by atoms with Gasteiger partial charge in [0.1, 0.15) is 17.4 Å². The van der Waals surface area contributed by atoms with Crippen molar-refractivity contribution in [2.75, 3.05) is 0 Å². The fourth-order valence-electron chi connectivity index (χ4n) is 7.91. The van der Waals surface area contributed by atoms with Gasteiger partial charge in [-0.05, 0) is 75.7 Å². The van der Waals surface area contributed by atoms with Crippen molar-refractivity contribution in [2.24, 2.45) is 0 Å². The van der Waals surface area contributed by atoms with Crippen LogP contribution in [0.3, 0.4) is 0 Å². The third-order valence-corrected chi connectivity index (χ3v) is 10.8. The second-order valence-corrected chi connectivity index (χ2v) is 14.3. The van der Waals surface area contributed by atoms with E-state index in [9.17, 15) is 10.1 Å². The Morgan fingerprint density at radius 2 is 1.31 bits per heavy atom. The Labute approximate surface area is 338 Å². The van der Waals surface area contributed by atoms with Gasteiger partial charge in [-0.25, -0.2) is 9.67 Å². The Hall–Kier alpha value is -7.31. The third kappa shape index (κ3) is 7.12. The summed E-state index contributed by atoms with van der Waals surface area (Å²) in [6.07, 6.45) is 4.70. The summed E-state index contributed by atoms with van der Waals surface area (Å²) in [5.41, 5.74) is 8.39. The van der Waals surface area contributed by atoms with E-state index >= 15 is 0 Å². The molecule has 0 spiro atoms. The fourth-order valence-corrected chi connectivity index (χ4v) is 7.91. The third-order valence-electron chi connectivity index (χ3n) is 10.8. The van der Waals surface area contributed by atoms with Crippen LogP contribution in [-0.2, 0) is 24.9 Å². The van der Waals surface area contributed by atoms with Gasteiger partial charge in [0.05, 0.1) is 23.5 Å². The maximum absolute atomic E-state index is 14.3.